The highest BCUT2D eigenvalue weighted by Gasteiger charge is 2.29. The van der Waals surface area contributed by atoms with E-state index < -0.39 is 18.6 Å². The molecule has 0 aliphatic rings. The molecule has 0 aliphatic heterocycles. The van der Waals surface area contributed by atoms with Crippen LogP contribution in [0.4, 0.5) is 13.2 Å². The Bertz CT molecular complexity index is 431. The summed E-state index contributed by atoms with van der Waals surface area (Å²) in [5.41, 5.74) is 0.495. The van der Waals surface area contributed by atoms with E-state index in [1.165, 1.54) is 11.9 Å². The number of carbonyl (C=O) groups excluding carboxylic acids is 1. The van der Waals surface area contributed by atoms with Crippen molar-refractivity contribution in [1.29, 1.82) is 0 Å². The Morgan fingerprint density at radius 1 is 1.32 bits per heavy atom. The Labute approximate surface area is 118 Å². The maximum absolute atomic E-state index is 12.1. The van der Waals surface area contributed by atoms with E-state index in [0.717, 1.165) is 4.47 Å². The fourth-order valence-electron chi connectivity index (χ4n) is 1.55. The first-order chi connectivity index (χ1) is 8.70. The van der Waals surface area contributed by atoms with Gasteiger partial charge in [0.1, 0.15) is 0 Å². The molecule has 0 radical (unpaired) electrons. The van der Waals surface area contributed by atoms with Gasteiger partial charge in [-0.2, -0.15) is 13.2 Å². The molecule has 1 aromatic rings. The molecular weight excluding hydrogens is 323 g/mol. The van der Waals surface area contributed by atoms with E-state index in [1.54, 1.807) is 31.2 Å². The lowest BCUT2D eigenvalue weighted by molar-refractivity contribution is -0.137. The number of alkyl halides is 3. The highest BCUT2D eigenvalue weighted by molar-refractivity contribution is 9.10. The summed E-state index contributed by atoms with van der Waals surface area (Å²) in [6, 6.07) is 6.19. The third-order valence-corrected chi connectivity index (χ3v) is 3.45. The molecule has 6 heteroatoms. The molecular formula is C13H15BrF3NO. The van der Waals surface area contributed by atoms with E-state index >= 15 is 0 Å². The number of hydrogen-bond donors (Lipinski definition) is 0. The minimum absolute atomic E-state index is 0.183. The number of Topliss-reactive ketones (excluding diaryl/α,β-unsaturated/α-hetero) is 1. The zero-order valence-electron chi connectivity index (χ0n) is 10.7. The normalized spacial score (nSPS) is 13.6. The Morgan fingerprint density at radius 3 is 2.32 bits per heavy atom. The number of likely N-dealkylation sites (N-methyl/N-ethyl adjacent to an activating group) is 1. The molecule has 106 valence electrons. The van der Waals surface area contributed by atoms with Gasteiger partial charge in [-0.3, -0.25) is 9.69 Å². The predicted molar refractivity (Wildman–Crippen MR) is 71.2 cm³/mol. The molecule has 0 saturated carbocycles. The van der Waals surface area contributed by atoms with Crippen LogP contribution < -0.4 is 0 Å². The van der Waals surface area contributed by atoms with E-state index in [0.29, 0.717) is 5.56 Å². The summed E-state index contributed by atoms with van der Waals surface area (Å²) in [5, 5.41) is 0. The van der Waals surface area contributed by atoms with Crippen molar-refractivity contribution in [3.05, 3.63) is 34.3 Å². The number of benzene rings is 1. The van der Waals surface area contributed by atoms with Crippen LogP contribution in [0.3, 0.4) is 0 Å². The van der Waals surface area contributed by atoms with Crippen molar-refractivity contribution in [3.8, 4) is 0 Å². The number of nitrogens with zero attached hydrogens (tertiary/aromatic N) is 1. The van der Waals surface area contributed by atoms with Crippen LogP contribution in [-0.2, 0) is 0 Å². The van der Waals surface area contributed by atoms with Gasteiger partial charge in [0.2, 0.25) is 0 Å². The molecule has 19 heavy (non-hydrogen) atoms. The molecule has 0 amide bonds. The topological polar surface area (TPSA) is 20.3 Å². The fourth-order valence-corrected chi connectivity index (χ4v) is 1.82. The standard InChI is InChI=1S/C13H15BrF3NO/c1-9(18(2)8-7-13(15,16)17)12(19)10-3-5-11(14)6-4-10/h3-6,9H,7-8H2,1-2H3. The van der Waals surface area contributed by atoms with Crippen LogP contribution in [0.1, 0.15) is 23.7 Å². The lowest BCUT2D eigenvalue weighted by Crippen LogP contribution is -2.38. The van der Waals surface area contributed by atoms with Gasteiger partial charge < -0.3 is 0 Å². The maximum atomic E-state index is 12.1. The number of carbonyl (C=O) groups is 1. The quantitative estimate of drug-likeness (QED) is 0.759. The molecule has 0 aromatic heterocycles. The Morgan fingerprint density at radius 2 is 1.84 bits per heavy atom. The van der Waals surface area contributed by atoms with Gasteiger partial charge in [-0.1, -0.05) is 28.1 Å². The summed E-state index contributed by atoms with van der Waals surface area (Å²) in [7, 11) is 1.52. The molecule has 1 aromatic carbocycles. The molecule has 0 saturated heterocycles. The van der Waals surface area contributed by atoms with Crippen molar-refractivity contribution in [1.82, 2.24) is 4.90 Å². The van der Waals surface area contributed by atoms with Crippen LogP contribution in [-0.4, -0.2) is 36.5 Å². The first-order valence-electron chi connectivity index (χ1n) is 5.77. The molecule has 2 nitrogen and oxygen atoms in total. The smallest absolute Gasteiger partial charge is 0.296 e. The van der Waals surface area contributed by atoms with Crippen LogP contribution in [0, 0.1) is 0 Å². The predicted octanol–water partition coefficient (Wildman–Crippen LogP) is 3.90. The van der Waals surface area contributed by atoms with Gasteiger partial charge >= 0.3 is 6.18 Å². The largest absolute Gasteiger partial charge is 0.390 e. The van der Waals surface area contributed by atoms with Gasteiger partial charge in [-0.05, 0) is 26.1 Å². The number of halogens is 4. The molecule has 0 heterocycles. The van der Waals surface area contributed by atoms with Crippen LogP contribution in [0.15, 0.2) is 28.7 Å². The number of ketones is 1. The van der Waals surface area contributed by atoms with Gasteiger partial charge in [0.25, 0.3) is 0 Å². The zero-order chi connectivity index (χ0) is 14.6. The first kappa shape index (κ1) is 16.2. The highest BCUT2D eigenvalue weighted by atomic mass is 79.9. The molecule has 0 N–H and O–H groups in total. The molecule has 0 aliphatic carbocycles. The van der Waals surface area contributed by atoms with Gasteiger partial charge in [-0.25, -0.2) is 0 Å². The number of rotatable bonds is 5. The van der Waals surface area contributed by atoms with Crippen LogP contribution in [0.25, 0.3) is 0 Å². The van der Waals surface area contributed by atoms with Gasteiger partial charge in [0.15, 0.2) is 5.78 Å². The Hall–Kier alpha value is -0.880. The summed E-state index contributed by atoms with van der Waals surface area (Å²) >= 11 is 3.26. The van der Waals surface area contributed by atoms with Crippen LogP contribution in [0.5, 0.6) is 0 Å². The second-order valence-corrected chi connectivity index (χ2v) is 5.31. The van der Waals surface area contributed by atoms with Crippen molar-refractivity contribution in [2.24, 2.45) is 0 Å². The lowest BCUT2D eigenvalue weighted by Gasteiger charge is -2.24. The summed E-state index contributed by atoms with van der Waals surface area (Å²) in [4.78, 5) is 13.5. The first-order valence-corrected chi connectivity index (χ1v) is 6.57. The molecule has 0 fully saturated rings. The van der Waals surface area contributed by atoms with Crippen molar-refractivity contribution in [2.45, 2.75) is 25.6 Å². The molecule has 0 bridgehead atoms. The van der Waals surface area contributed by atoms with E-state index in [-0.39, 0.29) is 12.3 Å². The molecule has 1 atom stereocenters. The van der Waals surface area contributed by atoms with Gasteiger partial charge in [-0.15, -0.1) is 0 Å². The Kier molecular flexibility index (Phi) is 5.55. The average Bonchev–Trinajstić information content (AvgIpc) is 2.34. The van der Waals surface area contributed by atoms with E-state index in [4.69, 9.17) is 0 Å². The third kappa shape index (κ3) is 5.32. The van der Waals surface area contributed by atoms with Crippen molar-refractivity contribution < 1.29 is 18.0 Å². The summed E-state index contributed by atoms with van der Waals surface area (Å²) in [6.45, 7) is 1.42. The second-order valence-electron chi connectivity index (χ2n) is 4.39. The minimum atomic E-state index is -4.20. The lowest BCUT2D eigenvalue weighted by atomic mass is 10.0. The van der Waals surface area contributed by atoms with Crippen molar-refractivity contribution in [2.75, 3.05) is 13.6 Å². The number of hydrogen-bond acceptors (Lipinski definition) is 2. The van der Waals surface area contributed by atoms with E-state index in [9.17, 15) is 18.0 Å². The fraction of sp³-hybridized carbons (Fsp3) is 0.462. The van der Waals surface area contributed by atoms with Crippen molar-refractivity contribution in [3.63, 3.8) is 0 Å². The molecule has 1 unspecified atom stereocenters. The summed E-state index contributed by atoms with van der Waals surface area (Å²) in [5.74, 6) is -0.183. The summed E-state index contributed by atoms with van der Waals surface area (Å²) < 4.78 is 37.2. The average molecular weight is 338 g/mol. The minimum Gasteiger partial charge on any atom is -0.296 e. The Balaban J connectivity index is 2.63. The molecule has 1 rings (SSSR count). The van der Waals surface area contributed by atoms with E-state index in [1.807, 2.05) is 0 Å². The van der Waals surface area contributed by atoms with Crippen LogP contribution in [0.2, 0.25) is 0 Å². The molecule has 0 spiro atoms. The maximum Gasteiger partial charge on any atom is 0.390 e. The zero-order valence-corrected chi connectivity index (χ0v) is 12.3. The van der Waals surface area contributed by atoms with Crippen molar-refractivity contribution >= 4 is 21.7 Å². The monoisotopic (exact) mass is 337 g/mol. The highest BCUT2D eigenvalue weighted by Crippen LogP contribution is 2.20. The van der Waals surface area contributed by atoms with Crippen LogP contribution >= 0.6 is 15.9 Å². The SMILES string of the molecule is CC(C(=O)c1ccc(Br)cc1)N(C)CCC(F)(F)F. The van der Waals surface area contributed by atoms with Gasteiger partial charge in [0, 0.05) is 16.6 Å². The van der Waals surface area contributed by atoms with Gasteiger partial charge in [0.05, 0.1) is 12.5 Å². The second kappa shape index (κ2) is 6.52. The third-order valence-electron chi connectivity index (χ3n) is 2.92. The van der Waals surface area contributed by atoms with E-state index in [2.05, 4.69) is 15.9 Å². The summed E-state index contributed by atoms with van der Waals surface area (Å²) in [6.07, 6.45) is -5.11.